The van der Waals surface area contributed by atoms with E-state index in [1.807, 2.05) is 0 Å². The molecule has 0 saturated carbocycles. The van der Waals surface area contributed by atoms with Gasteiger partial charge < -0.3 is 10.8 Å². The zero-order valence-electron chi connectivity index (χ0n) is 7.14. The zero-order valence-corrected chi connectivity index (χ0v) is 7.14. The minimum atomic E-state index is -4.53. The highest BCUT2D eigenvalue weighted by molar-refractivity contribution is 4.95. The Morgan fingerprint density at radius 1 is 1.46 bits per heavy atom. The Hall–Kier alpha value is -0.330. The lowest BCUT2D eigenvalue weighted by Crippen LogP contribution is -2.47. The van der Waals surface area contributed by atoms with E-state index >= 15 is 0 Å². The van der Waals surface area contributed by atoms with E-state index < -0.39 is 11.8 Å². The summed E-state index contributed by atoms with van der Waals surface area (Å²) < 4.78 is 36.8. The number of hydrogen-bond acceptors (Lipinski definition) is 3. The van der Waals surface area contributed by atoms with E-state index in [1.54, 1.807) is 0 Å². The van der Waals surface area contributed by atoms with Gasteiger partial charge in [0.05, 0.1) is 0 Å². The summed E-state index contributed by atoms with van der Waals surface area (Å²) in [5, 5.41) is 9.22. The number of aliphatic hydroxyl groups is 1. The highest BCUT2D eigenvalue weighted by Crippen LogP contribution is 2.37. The van der Waals surface area contributed by atoms with Crippen LogP contribution in [0.3, 0.4) is 0 Å². The third-order valence-electron chi connectivity index (χ3n) is 2.30. The monoisotopic (exact) mass is 198 g/mol. The van der Waals surface area contributed by atoms with Crippen molar-refractivity contribution in [3.05, 3.63) is 0 Å². The van der Waals surface area contributed by atoms with Crippen LogP contribution in [-0.2, 0) is 0 Å². The second kappa shape index (κ2) is 3.43. The number of β-amino-alcohol motifs (C(OH)–C–C–N with tert-alkyl or cyclic N) is 1. The summed E-state index contributed by atoms with van der Waals surface area (Å²) in [6.07, 6.45) is -4.78. The Labute approximate surface area is 74.3 Å². The molecule has 1 atom stereocenters. The molecule has 1 rings (SSSR count). The highest BCUT2D eigenvalue weighted by atomic mass is 19.4. The van der Waals surface area contributed by atoms with Gasteiger partial charge in [-0.3, -0.25) is 4.90 Å². The van der Waals surface area contributed by atoms with Crippen molar-refractivity contribution in [3.8, 4) is 0 Å². The summed E-state index contributed by atoms with van der Waals surface area (Å²) >= 11 is 0. The molecule has 78 valence electrons. The molecule has 0 spiro atoms. The van der Waals surface area contributed by atoms with Crippen LogP contribution in [0.25, 0.3) is 0 Å². The van der Waals surface area contributed by atoms with Crippen molar-refractivity contribution >= 4 is 0 Å². The first-order chi connectivity index (χ1) is 5.89. The lowest BCUT2D eigenvalue weighted by Gasteiger charge is -2.25. The first-order valence-corrected chi connectivity index (χ1v) is 4.10. The third kappa shape index (κ3) is 2.12. The molecule has 3 N–H and O–H groups in total. The Morgan fingerprint density at radius 2 is 2.08 bits per heavy atom. The van der Waals surface area contributed by atoms with Crippen molar-refractivity contribution in [2.45, 2.75) is 18.2 Å². The fourth-order valence-corrected chi connectivity index (χ4v) is 1.48. The molecule has 1 saturated heterocycles. The summed E-state index contributed by atoms with van der Waals surface area (Å²) in [5.41, 5.74) is 2.68. The van der Waals surface area contributed by atoms with Crippen LogP contribution >= 0.6 is 0 Å². The van der Waals surface area contributed by atoms with Gasteiger partial charge in [-0.2, -0.15) is 13.2 Å². The normalized spacial score (nSPS) is 31.2. The molecule has 0 unspecified atom stereocenters. The number of alkyl halides is 3. The van der Waals surface area contributed by atoms with Gasteiger partial charge in [0.15, 0.2) is 5.60 Å². The molecule has 0 bridgehead atoms. The molecule has 13 heavy (non-hydrogen) atoms. The maximum atomic E-state index is 12.3. The number of rotatable bonds is 2. The Balaban J connectivity index is 2.56. The van der Waals surface area contributed by atoms with Crippen LogP contribution in [-0.4, -0.2) is 48.0 Å². The van der Waals surface area contributed by atoms with Gasteiger partial charge in [-0.25, -0.2) is 0 Å². The van der Waals surface area contributed by atoms with Crippen molar-refractivity contribution in [2.75, 3.05) is 26.2 Å². The minimum absolute atomic E-state index is 0.253. The highest BCUT2D eigenvalue weighted by Gasteiger charge is 2.56. The topological polar surface area (TPSA) is 49.5 Å². The van der Waals surface area contributed by atoms with E-state index in [4.69, 9.17) is 5.73 Å². The zero-order chi connectivity index (χ0) is 10.1. The molecule has 1 heterocycles. The molecule has 0 aromatic heterocycles. The molecule has 0 aliphatic carbocycles. The van der Waals surface area contributed by atoms with E-state index in [2.05, 4.69) is 0 Å². The van der Waals surface area contributed by atoms with Crippen LogP contribution in [0.2, 0.25) is 0 Å². The first-order valence-electron chi connectivity index (χ1n) is 4.10. The Morgan fingerprint density at radius 3 is 2.46 bits per heavy atom. The maximum absolute atomic E-state index is 12.3. The number of nitrogens with two attached hydrogens (primary N) is 1. The SMILES string of the molecule is NCCN1CC[C@](O)(C(F)(F)F)C1. The molecule has 1 aliphatic rings. The van der Waals surface area contributed by atoms with Crippen molar-refractivity contribution in [1.82, 2.24) is 4.90 Å². The van der Waals surface area contributed by atoms with Gasteiger partial charge in [0.2, 0.25) is 0 Å². The lowest BCUT2D eigenvalue weighted by molar-refractivity contribution is -0.253. The van der Waals surface area contributed by atoms with Crippen LogP contribution < -0.4 is 5.73 Å². The number of halogens is 3. The maximum Gasteiger partial charge on any atom is 0.418 e. The third-order valence-corrected chi connectivity index (χ3v) is 2.30. The van der Waals surface area contributed by atoms with E-state index in [1.165, 1.54) is 4.90 Å². The van der Waals surface area contributed by atoms with Gasteiger partial charge in [0.25, 0.3) is 0 Å². The second-order valence-corrected chi connectivity index (χ2v) is 3.34. The summed E-state index contributed by atoms with van der Waals surface area (Å²) in [7, 11) is 0. The van der Waals surface area contributed by atoms with Gasteiger partial charge in [-0.05, 0) is 6.42 Å². The van der Waals surface area contributed by atoms with Crippen molar-refractivity contribution in [3.63, 3.8) is 0 Å². The number of nitrogens with zero attached hydrogens (tertiary/aromatic N) is 1. The quantitative estimate of drug-likeness (QED) is 0.653. The fraction of sp³-hybridized carbons (Fsp3) is 1.00. The summed E-state index contributed by atoms with van der Waals surface area (Å²) in [5.74, 6) is 0. The minimum Gasteiger partial charge on any atom is -0.379 e. The molecular weight excluding hydrogens is 185 g/mol. The van der Waals surface area contributed by atoms with Crippen molar-refractivity contribution in [2.24, 2.45) is 5.73 Å². The molecule has 1 fully saturated rings. The van der Waals surface area contributed by atoms with E-state index in [0.29, 0.717) is 13.1 Å². The first kappa shape index (κ1) is 10.7. The van der Waals surface area contributed by atoms with Gasteiger partial charge in [0, 0.05) is 26.2 Å². The number of likely N-dealkylation sites (tertiary alicyclic amines) is 1. The van der Waals surface area contributed by atoms with Crippen LogP contribution in [0.15, 0.2) is 0 Å². The lowest BCUT2D eigenvalue weighted by atomic mass is 10.0. The van der Waals surface area contributed by atoms with Crippen LogP contribution in [0.1, 0.15) is 6.42 Å². The second-order valence-electron chi connectivity index (χ2n) is 3.34. The van der Waals surface area contributed by atoms with E-state index in [-0.39, 0.29) is 19.5 Å². The number of hydrogen-bond donors (Lipinski definition) is 2. The molecule has 0 aromatic carbocycles. The van der Waals surface area contributed by atoms with Crippen molar-refractivity contribution < 1.29 is 18.3 Å². The average molecular weight is 198 g/mol. The molecule has 3 nitrogen and oxygen atoms in total. The van der Waals surface area contributed by atoms with Gasteiger partial charge in [-0.1, -0.05) is 0 Å². The molecule has 0 aromatic rings. The summed E-state index contributed by atoms with van der Waals surface area (Å²) in [6.45, 7) is 0.618. The van der Waals surface area contributed by atoms with Crippen LogP contribution in [0, 0.1) is 0 Å². The summed E-state index contributed by atoms with van der Waals surface area (Å²) in [6, 6.07) is 0. The largest absolute Gasteiger partial charge is 0.418 e. The smallest absolute Gasteiger partial charge is 0.379 e. The molecule has 6 heteroatoms. The van der Waals surface area contributed by atoms with Crippen LogP contribution in [0.5, 0.6) is 0 Å². The predicted octanol–water partition coefficient (Wildman–Crippen LogP) is -0.0558. The predicted molar refractivity (Wildman–Crippen MR) is 41.1 cm³/mol. The Bertz CT molecular complexity index is 185. The van der Waals surface area contributed by atoms with Gasteiger partial charge >= 0.3 is 6.18 Å². The van der Waals surface area contributed by atoms with E-state index in [9.17, 15) is 18.3 Å². The van der Waals surface area contributed by atoms with E-state index in [0.717, 1.165) is 0 Å². The molecular formula is C7H13F3N2O. The fourth-order valence-electron chi connectivity index (χ4n) is 1.48. The van der Waals surface area contributed by atoms with Gasteiger partial charge in [0.1, 0.15) is 0 Å². The standard InChI is InChI=1S/C7H13F3N2O/c8-7(9,10)6(13)1-3-12(5-6)4-2-11/h13H,1-5,11H2/t6-/m1/s1. The van der Waals surface area contributed by atoms with Gasteiger partial charge in [-0.15, -0.1) is 0 Å². The summed E-state index contributed by atoms with van der Waals surface area (Å²) in [4.78, 5) is 1.52. The Kier molecular flexibility index (Phi) is 2.84. The van der Waals surface area contributed by atoms with Crippen molar-refractivity contribution in [1.29, 1.82) is 0 Å². The average Bonchev–Trinajstić information content (AvgIpc) is 2.32. The van der Waals surface area contributed by atoms with Crippen LogP contribution in [0.4, 0.5) is 13.2 Å². The molecule has 1 aliphatic heterocycles. The molecule has 0 amide bonds. The molecule has 0 radical (unpaired) electrons.